The average Bonchev–Trinajstić information content (AvgIpc) is 2.84. The molecule has 3 unspecified atom stereocenters. The summed E-state index contributed by atoms with van der Waals surface area (Å²) in [5.41, 5.74) is 1.31. The van der Waals surface area contributed by atoms with Crippen LogP contribution in [0.4, 0.5) is 0 Å². The highest BCUT2D eigenvalue weighted by Gasteiger charge is 2.33. The first-order valence-corrected chi connectivity index (χ1v) is 7.44. The molecule has 0 radical (unpaired) electrons. The van der Waals surface area contributed by atoms with Crippen molar-refractivity contribution in [1.82, 2.24) is 10.2 Å². The minimum atomic E-state index is 0.730. The van der Waals surface area contributed by atoms with Gasteiger partial charge >= 0.3 is 0 Å². The van der Waals surface area contributed by atoms with Gasteiger partial charge in [-0.3, -0.25) is 0 Å². The molecule has 19 heavy (non-hydrogen) atoms. The van der Waals surface area contributed by atoms with Gasteiger partial charge in [-0.05, 0) is 56.4 Å². The van der Waals surface area contributed by atoms with E-state index in [0.717, 1.165) is 30.7 Å². The Kier molecular flexibility index (Phi) is 4.04. The molecule has 3 atom stereocenters. The molecule has 0 aliphatic carbocycles. The van der Waals surface area contributed by atoms with Gasteiger partial charge in [-0.1, -0.05) is 18.2 Å². The van der Waals surface area contributed by atoms with E-state index in [1.54, 1.807) is 7.11 Å². The van der Waals surface area contributed by atoms with Crippen molar-refractivity contribution in [2.75, 3.05) is 33.3 Å². The van der Waals surface area contributed by atoms with Gasteiger partial charge in [-0.2, -0.15) is 0 Å². The Balaban J connectivity index is 1.50. The summed E-state index contributed by atoms with van der Waals surface area (Å²) in [6.45, 7) is 4.96. The average molecular weight is 260 g/mol. The van der Waals surface area contributed by atoms with Crippen LogP contribution in [0.25, 0.3) is 0 Å². The first-order chi connectivity index (χ1) is 9.36. The third-order valence-electron chi connectivity index (χ3n) is 4.63. The molecule has 3 rings (SSSR count). The fourth-order valence-corrected chi connectivity index (χ4v) is 3.52. The molecule has 0 spiro atoms. The molecular formula is C16H24N2O. The number of ether oxygens (including phenoxy) is 1. The van der Waals surface area contributed by atoms with Crippen LogP contribution in [0, 0.1) is 5.92 Å². The molecule has 1 aromatic carbocycles. The van der Waals surface area contributed by atoms with Crippen molar-refractivity contribution in [3.05, 3.63) is 29.8 Å². The van der Waals surface area contributed by atoms with Crippen LogP contribution in [0.2, 0.25) is 0 Å². The maximum absolute atomic E-state index is 5.40. The number of hydrogen-bond acceptors (Lipinski definition) is 3. The summed E-state index contributed by atoms with van der Waals surface area (Å²) >= 11 is 0. The first-order valence-electron chi connectivity index (χ1n) is 7.44. The highest BCUT2D eigenvalue weighted by molar-refractivity contribution is 5.33. The van der Waals surface area contributed by atoms with Crippen molar-refractivity contribution < 1.29 is 4.74 Å². The highest BCUT2D eigenvalue weighted by Crippen LogP contribution is 2.27. The molecule has 3 nitrogen and oxygen atoms in total. The van der Waals surface area contributed by atoms with Crippen LogP contribution in [0.15, 0.2) is 24.3 Å². The Bertz CT molecular complexity index is 421. The van der Waals surface area contributed by atoms with Crippen LogP contribution >= 0.6 is 0 Å². The lowest BCUT2D eigenvalue weighted by molar-refractivity contribution is 0.222. The van der Waals surface area contributed by atoms with Crippen LogP contribution < -0.4 is 10.1 Å². The summed E-state index contributed by atoms with van der Waals surface area (Å²) < 4.78 is 5.40. The Labute approximate surface area is 115 Å². The zero-order chi connectivity index (χ0) is 13.1. The number of nitrogens with zero attached hydrogens (tertiary/aromatic N) is 1. The number of hydrogen-bond donors (Lipinski definition) is 1. The van der Waals surface area contributed by atoms with E-state index >= 15 is 0 Å². The van der Waals surface area contributed by atoms with Crippen molar-refractivity contribution in [2.45, 2.75) is 25.3 Å². The van der Waals surface area contributed by atoms with E-state index in [1.807, 2.05) is 12.1 Å². The van der Waals surface area contributed by atoms with E-state index in [9.17, 15) is 0 Å². The molecule has 3 heteroatoms. The van der Waals surface area contributed by atoms with Crippen LogP contribution in [0.1, 0.15) is 18.4 Å². The smallest absolute Gasteiger partial charge is 0.122 e. The van der Waals surface area contributed by atoms with Gasteiger partial charge in [0.15, 0.2) is 0 Å². The maximum atomic E-state index is 5.40. The molecule has 2 saturated heterocycles. The summed E-state index contributed by atoms with van der Waals surface area (Å²) in [7, 11) is 1.75. The van der Waals surface area contributed by atoms with Crippen molar-refractivity contribution in [2.24, 2.45) is 5.92 Å². The third-order valence-corrected chi connectivity index (χ3v) is 4.63. The number of piperidine rings is 1. The monoisotopic (exact) mass is 260 g/mol. The van der Waals surface area contributed by atoms with E-state index < -0.39 is 0 Å². The van der Waals surface area contributed by atoms with Gasteiger partial charge in [0, 0.05) is 12.6 Å². The predicted molar refractivity (Wildman–Crippen MR) is 77.7 cm³/mol. The summed E-state index contributed by atoms with van der Waals surface area (Å²) in [6.07, 6.45) is 3.75. The SMILES string of the molecule is COc1ccccc1CCNC1CCN2CCC1C2. The molecule has 0 saturated carbocycles. The lowest BCUT2D eigenvalue weighted by atomic mass is 9.94. The topological polar surface area (TPSA) is 24.5 Å². The number of benzene rings is 1. The minimum absolute atomic E-state index is 0.730. The van der Waals surface area contributed by atoms with Crippen LogP contribution in [0.5, 0.6) is 5.75 Å². The van der Waals surface area contributed by atoms with Crippen molar-refractivity contribution in [3.63, 3.8) is 0 Å². The highest BCUT2D eigenvalue weighted by atomic mass is 16.5. The zero-order valence-electron chi connectivity index (χ0n) is 11.8. The molecule has 2 heterocycles. The molecule has 0 amide bonds. The standard InChI is InChI=1S/C16H24N2O/c1-19-16-5-3-2-4-13(16)6-9-17-15-8-11-18-10-7-14(15)12-18/h2-5,14-15,17H,6-12H2,1H3. The second-order valence-electron chi connectivity index (χ2n) is 5.76. The fraction of sp³-hybridized carbons (Fsp3) is 0.625. The second kappa shape index (κ2) is 5.93. The Hall–Kier alpha value is -1.06. The molecule has 2 aliphatic heterocycles. The van der Waals surface area contributed by atoms with Gasteiger partial charge in [0.1, 0.15) is 5.75 Å². The lowest BCUT2D eigenvalue weighted by Crippen LogP contribution is -2.44. The van der Waals surface area contributed by atoms with E-state index in [-0.39, 0.29) is 0 Å². The van der Waals surface area contributed by atoms with Crippen LogP contribution in [-0.4, -0.2) is 44.2 Å². The van der Waals surface area contributed by atoms with Crippen molar-refractivity contribution in [3.8, 4) is 5.75 Å². The predicted octanol–water partition coefficient (Wildman–Crippen LogP) is 1.92. The van der Waals surface area contributed by atoms with Gasteiger partial charge in [0.2, 0.25) is 0 Å². The summed E-state index contributed by atoms with van der Waals surface area (Å²) in [6, 6.07) is 9.06. The number of methoxy groups -OCH3 is 1. The number of para-hydroxylation sites is 1. The van der Waals surface area contributed by atoms with Gasteiger partial charge in [0.25, 0.3) is 0 Å². The Morgan fingerprint density at radius 1 is 1.26 bits per heavy atom. The summed E-state index contributed by atoms with van der Waals surface area (Å²) in [5, 5.41) is 3.77. The van der Waals surface area contributed by atoms with Gasteiger partial charge in [-0.25, -0.2) is 0 Å². The summed E-state index contributed by atoms with van der Waals surface area (Å²) in [4.78, 5) is 2.60. The normalized spacial score (nSPS) is 29.4. The molecule has 1 N–H and O–H groups in total. The van der Waals surface area contributed by atoms with E-state index in [2.05, 4.69) is 22.3 Å². The van der Waals surface area contributed by atoms with Gasteiger partial charge in [-0.15, -0.1) is 0 Å². The fourth-order valence-electron chi connectivity index (χ4n) is 3.52. The maximum Gasteiger partial charge on any atom is 0.122 e. The Morgan fingerprint density at radius 3 is 3.00 bits per heavy atom. The third kappa shape index (κ3) is 2.93. The molecule has 2 aliphatic rings. The van der Waals surface area contributed by atoms with Gasteiger partial charge < -0.3 is 15.0 Å². The van der Waals surface area contributed by atoms with Crippen LogP contribution in [-0.2, 0) is 6.42 Å². The lowest BCUT2D eigenvalue weighted by Gasteiger charge is -2.31. The molecular weight excluding hydrogens is 236 g/mol. The molecule has 2 bridgehead atoms. The van der Waals surface area contributed by atoms with Crippen molar-refractivity contribution >= 4 is 0 Å². The van der Waals surface area contributed by atoms with E-state index in [0.29, 0.717) is 0 Å². The van der Waals surface area contributed by atoms with Gasteiger partial charge in [0.05, 0.1) is 7.11 Å². The molecule has 104 valence electrons. The van der Waals surface area contributed by atoms with E-state index in [4.69, 9.17) is 4.74 Å². The number of fused-ring (bicyclic) bond motifs is 2. The molecule has 2 fully saturated rings. The van der Waals surface area contributed by atoms with Crippen molar-refractivity contribution in [1.29, 1.82) is 0 Å². The molecule has 0 aromatic heterocycles. The quantitative estimate of drug-likeness (QED) is 0.875. The largest absolute Gasteiger partial charge is 0.496 e. The minimum Gasteiger partial charge on any atom is -0.496 e. The van der Waals surface area contributed by atoms with Crippen LogP contribution in [0.3, 0.4) is 0 Å². The molecule has 1 aromatic rings. The summed E-state index contributed by atoms with van der Waals surface area (Å²) in [5.74, 6) is 1.89. The number of rotatable bonds is 5. The first kappa shape index (κ1) is 12.9. The second-order valence-corrected chi connectivity index (χ2v) is 5.76. The van der Waals surface area contributed by atoms with E-state index in [1.165, 1.54) is 38.0 Å². The zero-order valence-corrected chi connectivity index (χ0v) is 11.8. The Morgan fingerprint density at radius 2 is 2.11 bits per heavy atom. The number of nitrogens with one attached hydrogen (secondary N) is 1.